The topological polar surface area (TPSA) is 24.1 Å². The second kappa shape index (κ2) is 6.71. The van der Waals surface area contributed by atoms with Gasteiger partial charge in [0.25, 0.3) is 0 Å². The van der Waals surface area contributed by atoms with Crippen molar-refractivity contribution in [1.82, 2.24) is 5.32 Å². The van der Waals surface area contributed by atoms with Gasteiger partial charge in [-0.25, -0.2) is 0 Å². The van der Waals surface area contributed by atoms with Crippen LogP contribution in [0.25, 0.3) is 0 Å². The molecule has 0 aromatic heterocycles. The minimum atomic E-state index is -0.0227. The van der Waals surface area contributed by atoms with Crippen LogP contribution in [0.1, 0.15) is 42.4 Å². The average Bonchev–Trinajstić information content (AvgIpc) is 3.01. The lowest BCUT2D eigenvalue weighted by molar-refractivity contribution is 0.408. The molecule has 0 unspecified atom stereocenters. The zero-order chi connectivity index (χ0) is 16.3. The van der Waals surface area contributed by atoms with Crippen molar-refractivity contribution in [3.63, 3.8) is 0 Å². The Labute approximate surface area is 144 Å². The highest BCUT2D eigenvalue weighted by Crippen LogP contribution is 2.38. The van der Waals surface area contributed by atoms with Gasteiger partial charge in [-0.05, 0) is 67.7 Å². The second-order valence-corrected chi connectivity index (χ2v) is 6.94. The first kappa shape index (κ1) is 16.0. The zero-order valence-electron chi connectivity index (χ0n) is 13.9. The maximum atomic E-state index is 5.60. The molecule has 0 bridgehead atoms. The standard InChI is InChI=1S/C20H24N2S/c1-15-10-11-18(14-16(15)2)21-19(23)22-20(12-6-7-13-20)17-8-4-3-5-9-17/h3-5,8-11,14H,6-7,12-13H2,1-2H3,(H2,21,22,23). The summed E-state index contributed by atoms with van der Waals surface area (Å²) in [6, 6.07) is 17.1. The molecule has 3 rings (SSSR count). The van der Waals surface area contributed by atoms with E-state index < -0.39 is 0 Å². The molecule has 2 nitrogen and oxygen atoms in total. The van der Waals surface area contributed by atoms with Gasteiger partial charge in [-0.15, -0.1) is 0 Å². The summed E-state index contributed by atoms with van der Waals surface area (Å²) in [5.74, 6) is 0. The predicted octanol–water partition coefficient (Wildman–Crippen LogP) is 5.06. The smallest absolute Gasteiger partial charge is 0.171 e. The fourth-order valence-electron chi connectivity index (χ4n) is 3.42. The van der Waals surface area contributed by atoms with E-state index >= 15 is 0 Å². The summed E-state index contributed by atoms with van der Waals surface area (Å²) in [7, 11) is 0. The number of benzene rings is 2. The zero-order valence-corrected chi connectivity index (χ0v) is 14.7. The van der Waals surface area contributed by atoms with Crippen molar-refractivity contribution in [1.29, 1.82) is 0 Å². The maximum absolute atomic E-state index is 5.60. The molecule has 0 saturated heterocycles. The fraction of sp³-hybridized carbons (Fsp3) is 0.350. The van der Waals surface area contributed by atoms with Crippen molar-refractivity contribution < 1.29 is 0 Å². The Hall–Kier alpha value is -1.87. The van der Waals surface area contributed by atoms with Crippen LogP contribution in [0.4, 0.5) is 5.69 Å². The van der Waals surface area contributed by atoms with E-state index in [1.807, 2.05) is 0 Å². The summed E-state index contributed by atoms with van der Waals surface area (Å²) in [5.41, 5.74) is 4.93. The Morgan fingerprint density at radius 2 is 1.65 bits per heavy atom. The maximum Gasteiger partial charge on any atom is 0.171 e. The molecule has 1 saturated carbocycles. The van der Waals surface area contributed by atoms with E-state index in [9.17, 15) is 0 Å². The summed E-state index contributed by atoms with van der Waals surface area (Å²) in [4.78, 5) is 0. The van der Waals surface area contributed by atoms with E-state index in [-0.39, 0.29) is 5.54 Å². The van der Waals surface area contributed by atoms with Gasteiger partial charge >= 0.3 is 0 Å². The van der Waals surface area contributed by atoms with Gasteiger partial charge in [0, 0.05) is 5.69 Å². The van der Waals surface area contributed by atoms with Crippen LogP contribution >= 0.6 is 12.2 Å². The van der Waals surface area contributed by atoms with E-state index in [0.29, 0.717) is 5.11 Å². The Kier molecular flexibility index (Phi) is 4.67. The Morgan fingerprint density at radius 3 is 2.30 bits per heavy atom. The molecule has 0 aliphatic heterocycles. The lowest BCUT2D eigenvalue weighted by atomic mass is 9.88. The summed E-state index contributed by atoms with van der Waals surface area (Å²) >= 11 is 5.60. The van der Waals surface area contributed by atoms with Gasteiger partial charge in [0.2, 0.25) is 0 Å². The SMILES string of the molecule is Cc1ccc(NC(=S)NC2(c3ccccc3)CCCC2)cc1C. The van der Waals surface area contributed by atoms with Crippen molar-refractivity contribution >= 4 is 23.0 Å². The third kappa shape index (κ3) is 3.56. The average molecular weight is 324 g/mol. The molecule has 23 heavy (non-hydrogen) atoms. The molecule has 0 amide bonds. The van der Waals surface area contributed by atoms with Crippen LogP contribution in [-0.4, -0.2) is 5.11 Å². The minimum Gasteiger partial charge on any atom is -0.353 e. The van der Waals surface area contributed by atoms with E-state index in [0.717, 1.165) is 18.5 Å². The summed E-state index contributed by atoms with van der Waals surface area (Å²) < 4.78 is 0. The van der Waals surface area contributed by atoms with Crippen molar-refractivity contribution in [3.8, 4) is 0 Å². The van der Waals surface area contributed by atoms with Gasteiger partial charge in [-0.2, -0.15) is 0 Å². The van der Waals surface area contributed by atoms with Crippen LogP contribution in [0.3, 0.4) is 0 Å². The number of nitrogens with one attached hydrogen (secondary N) is 2. The monoisotopic (exact) mass is 324 g/mol. The number of rotatable bonds is 3. The predicted molar refractivity (Wildman–Crippen MR) is 102 cm³/mol. The molecule has 0 atom stereocenters. The molecule has 2 N–H and O–H groups in total. The van der Waals surface area contributed by atoms with E-state index in [1.165, 1.54) is 29.5 Å². The van der Waals surface area contributed by atoms with Gasteiger partial charge in [0.1, 0.15) is 0 Å². The van der Waals surface area contributed by atoms with Crippen LogP contribution in [0.5, 0.6) is 0 Å². The summed E-state index contributed by atoms with van der Waals surface area (Å²) in [5, 5.41) is 7.67. The van der Waals surface area contributed by atoms with E-state index in [2.05, 4.69) is 73.0 Å². The molecule has 0 radical (unpaired) electrons. The summed E-state index contributed by atoms with van der Waals surface area (Å²) in [6.45, 7) is 4.25. The lowest BCUT2D eigenvalue weighted by Gasteiger charge is -2.32. The molecule has 1 aliphatic rings. The minimum absolute atomic E-state index is 0.0227. The van der Waals surface area contributed by atoms with Crippen LogP contribution < -0.4 is 10.6 Å². The van der Waals surface area contributed by atoms with Crippen molar-refractivity contribution in [2.45, 2.75) is 45.1 Å². The molecule has 1 aliphatic carbocycles. The molecule has 120 valence electrons. The summed E-state index contributed by atoms with van der Waals surface area (Å²) in [6.07, 6.45) is 4.75. The van der Waals surface area contributed by atoms with Crippen molar-refractivity contribution in [2.24, 2.45) is 0 Å². The van der Waals surface area contributed by atoms with Crippen LogP contribution in [0, 0.1) is 13.8 Å². The number of aryl methyl sites for hydroxylation is 2. The molecule has 1 fully saturated rings. The molecule has 3 heteroatoms. The number of anilines is 1. The number of thiocarbonyl (C=S) groups is 1. The molecular weight excluding hydrogens is 300 g/mol. The highest BCUT2D eigenvalue weighted by atomic mass is 32.1. The lowest BCUT2D eigenvalue weighted by Crippen LogP contribution is -2.45. The van der Waals surface area contributed by atoms with E-state index in [4.69, 9.17) is 12.2 Å². The number of hydrogen-bond acceptors (Lipinski definition) is 1. The van der Waals surface area contributed by atoms with Crippen molar-refractivity contribution in [2.75, 3.05) is 5.32 Å². The number of hydrogen-bond donors (Lipinski definition) is 2. The second-order valence-electron chi connectivity index (χ2n) is 6.53. The Balaban J connectivity index is 1.75. The molecule has 0 heterocycles. The van der Waals surface area contributed by atoms with Gasteiger partial charge < -0.3 is 10.6 Å². The first-order valence-electron chi connectivity index (χ1n) is 8.31. The van der Waals surface area contributed by atoms with Gasteiger partial charge in [0.15, 0.2) is 5.11 Å². The van der Waals surface area contributed by atoms with Gasteiger partial charge in [0.05, 0.1) is 5.54 Å². The molecule has 2 aromatic carbocycles. The normalized spacial score (nSPS) is 16.1. The highest BCUT2D eigenvalue weighted by Gasteiger charge is 2.36. The van der Waals surface area contributed by atoms with Gasteiger partial charge in [-0.3, -0.25) is 0 Å². The first-order valence-corrected chi connectivity index (χ1v) is 8.72. The van der Waals surface area contributed by atoms with Crippen LogP contribution in [-0.2, 0) is 5.54 Å². The largest absolute Gasteiger partial charge is 0.353 e. The van der Waals surface area contributed by atoms with Crippen LogP contribution in [0.15, 0.2) is 48.5 Å². The quantitative estimate of drug-likeness (QED) is 0.772. The Bertz CT molecular complexity index is 688. The Morgan fingerprint density at radius 1 is 0.957 bits per heavy atom. The fourth-order valence-corrected chi connectivity index (χ4v) is 3.73. The molecule has 0 spiro atoms. The third-order valence-corrected chi connectivity index (χ3v) is 5.11. The van der Waals surface area contributed by atoms with Gasteiger partial charge in [-0.1, -0.05) is 49.2 Å². The molecular formula is C20H24N2S. The van der Waals surface area contributed by atoms with Crippen LogP contribution in [0.2, 0.25) is 0 Å². The first-order chi connectivity index (χ1) is 11.1. The molecule has 2 aromatic rings. The highest BCUT2D eigenvalue weighted by molar-refractivity contribution is 7.80. The third-order valence-electron chi connectivity index (χ3n) is 4.90. The van der Waals surface area contributed by atoms with Crippen molar-refractivity contribution in [3.05, 3.63) is 65.2 Å². The van der Waals surface area contributed by atoms with E-state index in [1.54, 1.807) is 0 Å².